The lowest BCUT2D eigenvalue weighted by Gasteiger charge is -1.96. The van der Waals surface area contributed by atoms with Gasteiger partial charge in [-0.1, -0.05) is 29.8 Å². The van der Waals surface area contributed by atoms with Crippen molar-refractivity contribution < 1.29 is 9.59 Å². The van der Waals surface area contributed by atoms with Gasteiger partial charge in [0.05, 0.1) is 6.21 Å². The molecular formula is C10H11N3O2. The predicted octanol–water partition coefficient (Wildman–Crippen LogP) is 0.832. The van der Waals surface area contributed by atoms with E-state index in [1.807, 2.05) is 24.5 Å². The van der Waals surface area contributed by atoms with Crippen LogP contribution in [0.15, 0.2) is 29.4 Å². The van der Waals surface area contributed by atoms with E-state index in [0.29, 0.717) is 5.56 Å². The molecule has 5 nitrogen and oxygen atoms in total. The highest BCUT2D eigenvalue weighted by Gasteiger charge is 2.01. The lowest BCUT2D eigenvalue weighted by Crippen LogP contribution is -2.24. The summed E-state index contributed by atoms with van der Waals surface area (Å²) in [5.41, 5.74) is 8.29. The monoisotopic (exact) mass is 205 g/mol. The zero-order valence-electron chi connectivity index (χ0n) is 8.23. The summed E-state index contributed by atoms with van der Waals surface area (Å²) in [6.07, 6.45) is 1.01. The van der Waals surface area contributed by atoms with Crippen LogP contribution in [0.4, 0.5) is 4.79 Å². The number of hydrazone groups is 1. The summed E-state index contributed by atoms with van der Waals surface area (Å²) in [6.45, 7) is 1.93. The Kier molecular flexibility index (Phi) is 3.56. The zero-order chi connectivity index (χ0) is 11.3. The Morgan fingerprint density at radius 1 is 1.33 bits per heavy atom. The first-order chi connectivity index (χ1) is 7.09. The van der Waals surface area contributed by atoms with E-state index in [9.17, 15) is 9.59 Å². The molecule has 5 heteroatoms. The highest BCUT2D eigenvalue weighted by Crippen LogP contribution is 2.02. The van der Waals surface area contributed by atoms with E-state index in [4.69, 9.17) is 5.73 Å². The molecule has 15 heavy (non-hydrogen) atoms. The average molecular weight is 205 g/mol. The summed E-state index contributed by atoms with van der Waals surface area (Å²) in [6, 6.07) is 6.22. The second-order valence-electron chi connectivity index (χ2n) is 2.96. The fourth-order valence-electron chi connectivity index (χ4n) is 0.947. The molecule has 0 bridgehead atoms. The first-order valence-corrected chi connectivity index (χ1v) is 4.29. The molecule has 0 saturated heterocycles. The Morgan fingerprint density at radius 2 is 1.93 bits per heavy atom. The number of aryl methyl sites for hydroxylation is 1. The van der Waals surface area contributed by atoms with Crippen molar-refractivity contribution in [3.63, 3.8) is 0 Å². The molecule has 0 saturated carbocycles. The van der Waals surface area contributed by atoms with Gasteiger partial charge >= 0.3 is 6.03 Å². The Labute approximate surface area is 87.0 Å². The molecule has 0 spiro atoms. The summed E-state index contributed by atoms with van der Waals surface area (Å²) in [7, 11) is 0. The number of carbonyl (C=O) groups is 2. The number of Topliss-reactive ketones (excluding diaryl/α,β-unsaturated/α-hetero) is 1. The highest BCUT2D eigenvalue weighted by atomic mass is 16.2. The van der Waals surface area contributed by atoms with Crippen molar-refractivity contribution in [3.8, 4) is 0 Å². The third-order valence-corrected chi connectivity index (χ3v) is 1.69. The molecule has 0 aliphatic carbocycles. The SMILES string of the molecule is Cc1ccc(C(=O)/C=N/NC(N)=O)cc1. The molecule has 78 valence electrons. The number of amides is 2. The standard InChI is InChI=1S/C10H11N3O2/c1-7-2-4-8(5-3-7)9(14)6-12-13-10(11)15/h2-6H,1H3,(H3,11,13,15)/b12-6+. The fraction of sp³-hybridized carbons (Fsp3) is 0.100. The highest BCUT2D eigenvalue weighted by molar-refractivity contribution is 6.35. The van der Waals surface area contributed by atoms with Crippen LogP contribution in [0.3, 0.4) is 0 Å². The average Bonchev–Trinajstić information content (AvgIpc) is 2.18. The van der Waals surface area contributed by atoms with Crippen LogP contribution in [0.1, 0.15) is 15.9 Å². The molecule has 0 atom stereocenters. The van der Waals surface area contributed by atoms with Gasteiger partial charge in [-0.25, -0.2) is 10.2 Å². The summed E-state index contributed by atoms with van der Waals surface area (Å²) in [4.78, 5) is 21.6. The van der Waals surface area contributed by atoms with Gasteiger partial charge in [0.1, 0.15) is 0 Å². The summed E-state index contributed by atoms with van der Waals surface area (Å²) in [5.74, 6) is -0.288. The molecule has 0 aromatic heterocycles. The van der Waals surface area contributed by atoms with Gasteiger partial charge in [-0.2, -0.15) is 5.10 Å². The normalized spacial score (nSPS) is 10.2. The van der Waals surface area contributed by atoms with Crippen LogP contribution in [0.5, 0.6) is 0 Å². The van der Waals surface area contributed by atoms with Crippen molar-refractivity contribution in [1.82, 2.24) is 5.43 Å². The number of nitrogens with one attached hydrogen (secondary N) is 1. The molecule has 0 unspecified atom stereocenters. The first-order valence-electron chi connectivity index (χ1n) is 4.29. The Morgan fingerprint density at radius 3 is 2.47 bits per heavy atom. The molecule has 0 aliphatic rings. The van der Waals surface area contributed by atoms with Crippen LogP contribution in [-0.4, -0.2) is 18.0 Å². The lowest BCUT2D eigenvalue weighted by molar-refractivity contribution is 0.107. The van der Waals surface area contributed by atoms with Gasteiger partial charge in [0.15, 0.2) is 0 Å². The van der Waals surface area contributed by atoms with E-state index in [2.05, 4.69) is 5.10 Å². The number of ketones is 1. The summed E-state index contributed by atoms with van der Waals surface area (Å²) >= 11 is 0. The largest absolute Gasteiger partial charge is 0.350 e. The predicted molar refractivity (Wildman–Crippen MR) is 56.7 cm³/mol. The molecule has 0 fully saturated rings. The van der Waals surface area contributed by atoms with Gasteiger partial charge in [0, 0.05) is 5.56 Å². The van der Waals surface area contributed by atoms with Crippen molar-refractivity contribution in [3.05, 3.63) is 35.4 Å². The number of nitrogens with zero attached hydrogens (tertiary/aromatic N) is 1. The van der Waals surface area contributed by atoms with Gasteiger partial charge in [0.25, 0.3) is 0 Å². The van der Waals surface area contributed by atoms with Gasteiger partial charge in [-0.3, -0.25) is 4.79 Å². The van der Waals surface area contributed by atoms with E-state index in [0.717, 1.165) is 11.8 Å². The van der Waals surface area contributed by atoms with Crippen molar-refractivity contribution in [2.75, 3.05) is 0 Å². The van der Waals surface area contributed by atoms with Crippen molar-refractivity contribution in [2.45, 2.75) is 6.92 Å². The second-order valence-corrected chi connectivity index (χ2v) is 2.96. The van der Waals surface area contributed by atoms with Crippen molar-refractivity contribution in [1.29, 1.82) is 0 Å². The van der Waals surface area contributed by atoms with Gasteiger partial charge in [-0.05, 0) is 6.92 Å². The van der Waals surface area contributed by atoms with Gasteiger partial charge < -0.3 is 5.73 Å². The fourth-order valence-corrected chi connectivity index (χ4v) is 0.947. The van der Waals surface area contributed by atoms with Crippen LogP contribution < -0.4 is 11.2 Å². The molecule has 1 rings (SSSR count). The summed E-state index contributed by atoms with van der Waals surface area (Å²) in [5, 5.41) is 3.37. The van der Waals surface area contributed by atoms with E-state index in [1.165, 1.54) is 0 Å². The third-order valence-electron chi connectivity index (χ3n) is 1.69. The van der Waals surface area contributed by atoms with E-state index in [-0.39, 0.29) is 5.78 Å². The van der Waals surface area contributed by atoms with Crippen LogP contribution in [-0.2, 0) is 0 Å². The number of nitrogens with two attached hydrogens (primary N) is 1. The number of hydrogen-bond acceptors (Lipinski definition) is 3. The van der Waals surface area contributed by atoms with Gasteiger partial charge in [0.2, 0.25) is 5.78 Å². The third kappa shape index (κ3) is 3.60. The van der Waals surface area contributed by atoms with Crippen LogP contribution in [0, 0.1) is 6.92 Å². The number of urea groups is 1. The Balaban J connectivity index is 2.65. The number of benzene rings is 1. The molecule has 0 radical (unpaired) electrons. The Bertz CT molecular complexity index is 396. The van der Waals surface area contributed by atoms with Crippen LogP contribution in [0.2, 0.25) is 0 Å². The summed E-state index contributed by atoms with van der Waals surface area (Å²) < 4.78 is 0. The molecule has 3 N–H and O–H groups in total. The first kappa shape index (κ1) is 10.9. The molecule has 1 aromatic rings. The minimum Gasteiger partial charge on any atom is -0.350 e. The lowest BCUT2D eigenvalue weighted by atomic mass is 10.1. The number of carbonyl (C=O) groups excluding carboxylic acids is 2. The number of hydrogen-bond donors (Lipinski definition) is 2. The van der Waals surface area contributed by atoms with E-state index < -0.39 is 6.03 Å². The topological polar surface area (TPSA) is 84.6 Å². The molecule has 2 amide bonds. The zero-order valence-corrected chi connectivity index (χ0v) is 8.23. The maximum atomic E-state index is 11.4. The van der Waals surface area contributed by atoms with E-state index >= 15 is 0 Å². The number of rotatable bonds is 3. The van der Waals surface area contributed by atoms with Crippen molar-refractivity contribution >= 4 is 18.0 Å². The minimum atomic E-state index is -0.803. The molecular weight excluding hydrogens is 194 g/mol. The smallest absolute Gasteiger partial charge is 0.332 e. The molecule has 1 aromatic carbocycles. The molecule has 0 heterocycles. The van der Waals surface area contributed by atoms with E-state index in [1.54, 1.807) is 12.1 Å². The maximum Gasteiger partial charge on any atom is 0.332 e. The van der Waals surface area contributed by atoms with Gasteiger partial charge in [-0.15, -0.1) is 0 Å². The van der Waals surface area contributed by atoms with Crippen LogP contribution >= 0.6 is 0 Å². The molecule has 0 aliphatic heterocycles. The quantitative estimate of drug-likeness (QED) is 0.435. The number of primary amides is 1. The maximum absolute atomic E-state index is 11.4. The second kappa shape index (κ2) is 4.90. The minimum absolute atomic E-state index is 0.288. The Hall–Kier alpha value is -2.17. The van der Waals surface area contributed by atoms with Crippen molar-refractivity contribution in [2.24, 2.45) is 10.8 Å². The van der Waals surface area contributed by atoms with Crippen LogP contribution in [0.25, 0.3) is 0 Å².